The molecule has 0 spiro atoms. The summed E-state index contributed by atoms with van der Waals surface area (Å²) in [4.78, 5) is 10.7. The lowest BCUT2D eigenvalue weighted by Gasteiger charge is -2.21. The van der Waals surface area contributed by atoms with E-state index in [1.165, 1.54) is 10.6 Å². The van der Waals surface area contributed by atoms with Crippen molar-refractivity contribution in [2.45, 2.75) is 25.4 Å². The van der Waals surface area contributed by atoms with E-state index in [2.05, 4.69) is 9.97 Å². The van der Waals surface area contributed by atoms with Gasteiger partial charge in [-0.25, -0.2) is 8.42 Å². The summed E-state index contributed by atoms with van der Waals surface area (Å²) in [6.07, 6.45) is 6.34. The molecule has 0 saturated carbocycles. The van der Waals surface area contributed by atoms with Crippen LogP contribution in [0.2, 0.25) is 0 Å². The molecule has 1 aliphatic rings. The third-order valence-electron chi connectivity index (χ3n) is 3.15. The van der Waals surface area contributed by atoms with Gasteiger partial charge in [-0.2, -0.15) is 4.31 Å². The Morgan fingerprint density at radius 1 is 1.42 bits per heavy atom. The van der Waals surface area contributed by atoms with Crippen LogP contribution in [0.5, 0.6) is 0 Å². The zero-order valence-corrected chi connectivity index (χ0v) is 12.4. The molecule has 19 heavy (non-hydrogen) atoms. The maximum atomic E-state index is 11.7. The molecule has 0 aromatic carbocycles. The molecule has 2 rings (SSSR count). The fourth-order valence-corrected chi connectivity index (χ4v) is 3.55. The van der Waals surface area contributed by atoms with Crippen LogP contribution in [0.4, 0.5) is 0 Å². The minimum absolute atomic E-state index is 0.162. The second kappa shape index (κ2) is 5.52. The second-order valence-corrected chi connectivity index (χ2v) is 7.14. The number of aromatic nitrogens is 2. The highest BCUT2D eigenvalue weighted by Gasteiger charge is 2.33. The molecule has 0 N–H and O–H groups in total. The monoisotopic (exact) mass is 284 g/mol. The van der Waals surface area contributed by atoms with Gasteiger partial charge in [-0.1, -0.05) is 0 Å². The van der Waals surface area contributed by atoms with Crippen LogP contribution in [0, 0.1) is 0 Å². The van der Waals surface area contributed by atoms with Gasteiger partial charge in [-0.3, -0.25) is 9.97 Å². The average molecular weight is 284 g/mol. The third-order valence-corrected chi connectivity index (χ3v) is 4.44. The number of rotatable bonds is 4. The Bertz CT molecular complexity index is 544. The van der Waals surface area contributed by atoms with Crippen molar-refractivity contribution < 1.29 is 8.42 Å². The SMILES string of the molecule is CN(C)Cc1cncc([C@@H]2CCCN2S(C)(=O)=O)n1. The standard InChI is InChI=1S/C12H20N4O2S/c1-15(2)9-10-7-13-8-11(14-10)12-5-4-6-16(12)19(3,17)18/h7-8,12H,4-6,9H2,1-3H3/t12-/m0/s1. The molecule has 2 heterocycles. The van der Waals surface area contributed by atoms with Gasteiger partial charge < -0.3 is 4.90 Å². The minimum Gasteiger partial charge on any atom is -0.304 e. The predicted octanol–water partition coefficient (Wildman–Crippen LogP) is 0.635. The molecule has 0 amide bonds. The van der Waals surface area contributed by atoms with Crippen molar-refractivity contribution >= 4 is 10.0 Å². The Labute approximate surface area is 114 Å². The van der Waals surface area contributed by atoms with Crippen LogP contribution in [-0.2, 0) is 16.6 Å². The second-order valence-electron chi connectivity index (χ2n) is 5.20. The molecule has 1 aliphatic heterocycles. The molecule has 0 unspecified atom stereocenters. The molecule has 0 radical (unpaired) electrons. The van der Waals surface area contributed by atoms with Crippen molar-refractivity contribution in [3.63, 3.8) is 0 Å². The molecule has 7 heteroatoms. The van der Waals surface area contributed by atoms with Crippen molar-refractivity contribution in [1.29, 1.82) is 0 Å². The summed E-state index contributed by atoms with van der Waals surface area (Å²) in [5.41, 5.74) is 1.62. The molecule has 1 fully saturated rings. The minimum atomic E-state index is -3.18. The Hall–Kier alpha value is -1.05. The van der Waals surface area contributed by atoms with Gasteiger partial charge in [0.25, 0.3) is 0 Å². The molecule has 1 aromatic heterocycles. The molecule has 1 aromatic rings. The Kier molecular flexibility index (Phi) is 4.17. The van der Waals surface area contributed by atoms with Crippen LogP contribution in [0.25, 0.3) is 0 Å². The fourth-order valence-electron chi connectivity index (χ4n) is 2.42. The number of sulfonamides is 1. The van der Waals surface area contributed by atoms with Gasteiger partial charge in [-0.05, 0) is 26.9 Å². The first-order valence-electron chi connectivity index (χ1n) is 6.30. The van der Waals surface area contributed by atoms with Gasteiger partial charge in [0.05, 0.1) is 29.9 Å². The van der Waals surface area contributed by atoms with Gasteiger partial charge in [-0.15, -0.1) is 0 Å². The summed E-state index contributed by atoms with van der Waals surface area (Å²) in [6.45, 7) is 1.27. The molecule has 1 atom stereocenters. The first kappa shape index (κ1) is 14.4. The summed E-state index contributed by atoms with van der Waals surface area (Å²) in [5, 5.41) is 0. The van der Waals surface area contributed by atoms with Crippen molar-refractivity contribution in [2.24, 2.45) is 0 Å². The molecule has 0 bridgehead atoms. The normalized spacial score (nSPS) is 21.2. The molecule has 1 saturated heterocycles. The highest BCUT2D eigenvalue weighted by atomic mass is 32.2. The van der Waals surface area contributed by atoms with Gasteiger partial charge in [0.1, 0.15) is 0 Å². The van der Waals surface area contributed by atoms with Crippen molar-refractivity contribution in [2.75, 3.05) is 26.9 Å². The third kappa shape index (κ3) is 3.49. The molecular formula is C12H20N4O2S. The quantitative estimate of drug-likeness (QED) is 0.811. The van der Waals surface area contributed by atoms with Crippen molar-refractivity contribution in [3.8, 4) is 0 Å². The van der Waals surface area contributed by atoms with Crippen molar-refractivity contribution in [3.05, 3.63) is 23.8 Å². The van der Waals surface area contributed by atoms with Gasteiger partial charge in [0, 0.05) is 19.3 Å². The van der Waals surface area contributed by atoms with E-state index < -0.39 is 10.0 Å². The van der Waals surface area contributed by atoms with E-state index >= 15 is 0 Å². The highest BCUT2D eigenvalue weighted by Crippen LogP contribution is 2.32. The maximum Gasteiger partial charge on any atom is 0.211 e. The molecular weight excluding hydrogens is 264 g/mol. The topological polar surface area (TPSA) is 66.4 Å². The highest BCUT2D eigenvalue weighted by molar-refractivity contribution is 7.88. The largest absolute Gasteiger partial charge is 0.304 e. The molecule has 0 aliphatic carbocycles. The van der Waals surface area contributed by atoms with Gasteiger partial charge in [0.15, 0.2) is 0 Å². The van der Waals surface area contributed by atoms with Crippen LogP contribution in [0.1, 0.15) is 30.3 Å². The lowest BCUT2D eigenvalue weighted by atomic mass is 10.1. The van der Waals surface area contributed by atoms with E-state index in [1.807, 2.05) is 19.0 Å². The lowest BCUT2D eigenvalue weighted by molar-refractivity contribution is 0.380. The molecule has 6 nitrogen and oxygen atoms in total. The maximum absolute atomic E-state index is 11.7. The van der Waals surface area contributed by atoms with Crippen molar-refractivity contribution in [1.82, 2.24) is 19.2 Å². The zero-order chi connectivity index (χ0) is 14.0. The smallest absolute Gasteiger partial charge is 0.211 e. The van der Waals surface area contributed by atoms with E-state index in [0.717, 1.165) is 24.2 Å². The summed E-state index contributed by atoms with van der Waals surface area (Å²) < 4.78 is 25.0. The van der Waals surface area contributed by atoms with E-state index in [9.17, 15) is 8.42 Å². The van der Waals surface area contributed by atoms with Gasteiger partial charge >= 0.3 is 0 Å². The summed E-state index contributed by atoms with van der Waals surface area (Å²) in [6, 6.07) is -0.162. The number of hydrogen-bond acceptors (Lipinski definition) is 5. The first-order chi connectivity index (χ1) is 8.88. The van der Waals surface area contributed by atoms with E-state index in [1.54, 1.807) is 12.4 Å². The Morgan fingerprint density at radius 3 is 2.79 bits per heavy atom. The van der Waals surface area contributed by atoms with Gasteiger partial charge in [0.2, 0.25) is 10.0 Å². The van der Waals surface area contributed by atoms with Crippen LogP contribution in [0.15, 0.2) is 12.4 Å². The molecule has 106 valence electrons. The van der Waals surface area contributed by atoms with E-state index in [4.69, 9.17) is 0 Å². The number of nitrogens with zero attached hydrogens (tertiary/aromatic N) is 4. The van der Waals surface area contributed by atoms with Crippen LogP contribution < -0.4 is 0 Å². The summed E-state index contributed by atoms with van der Waals surface area (Å²) >= 11 is 0. The zero-order valence-electron chi connectivity index (χ0n) is 11.6. The Morgan fingerprint density at radius 2 is 2.16 bits per heavy atom. The van der Waals surface area contributed by atoms with E-state index in [-0.39, 0.29) is 6.04 Å². The fraction of sp³-hybridized carbons (Fsp3) is 0.667. The summed E-state index contributed by atoms with van der Waals surface area (Å²) in [5.74, 6) is 0. The predicted molar refractivity (Wildman–Crippen MR) is 72.9 cm³/mol. The number of hydrogen-bond donors (Lipinski definition) is 0. The summed E-state index contributed by atoms with van der Waals surface area (Å²) in [7, 11) is 0.749. The van der Waals surface area contributed by atoms with Crippen LogP contribution in [0.3, 0.4) is 0 Å². The first-order valence-corrected chi connectivity index (χ1v) is 8.15. The Balaban J connectivity index is 2.26. The average Bonchev–Trinajstić information content (AvgIpc) is 2.76. The van der Waals surface area contributed by atoms with E-state index in [0.29, 0.717) is 13.1 Å². The van der Waals surface area contributed by atoms with Crippen LogP contribution >= 0.6 is 0 Å². The van der Waals surface area contributed by atoms with Crippen LogP contribution in [-0.4, -0.2) is 54.5 Å². The lowest BCUT2D eigenvalue weighted by Crippen LogP contribution is -2.30.